The third-order valence-corrected chi connectivity index (χ3v) is 4.19. The predicted molar refractivity (Wildman–Crippen MR) is 117 cm³/mol. The van der Waals surface area contributed by atoms with Crippen LogP contribution >= 0.6 is 0 Å². The summed E-state index contributed by atoms with van der Waals surface area (Å²) < 4.78 is 4.47. The Bertz CT molecular complexity index is 470. The molecule has 3 nitrogen and oxygen atoms in total. The van der Waals surface area contributed by atoms with Gasteiger partial charge < -0.3 is 4.74 Å². The molecule has 0 spiro atoms. The molecule has 1 aliphatic rings. The van der Waals surface area contributed by atoms with E-state index in [1.807, 2.05) is 45.9 Å². The normalized spacial score (nSPS) is 14.4. The Kier molecular flexibility index (Phi) is 21.1. The van der Waals surface area contributed by atoms with E-state index in [2.05, 4.69) is 17.7 Å². The highest BCUT2D eigenvalue weighted by Gasteiger charge is 2.15. The summed E-state index contributed by atoms with van der Waals surface area (Å²) in [5.74, 6) is 0.146. The second-order valence-electron chi connectivity index (χ2n) is 6.39. The molecule has 0 bridgehead atoms. The first-order valence-electron chi connectivity index (χ1n) is 10.6. The maximum Gasteiger partial charge on any atom is 0.305 e. The summed E-state index contributed by atoms with van der Waals surface area (Å²) in [5, 5.41) is 0. The Morgan fingerprint density at radius 2 is 1.78 bits per heavy atom. The van der Waals surface area contributed by atoms with Crippen LogP contribution in [0.1, 0.15) is 98.8 Å². The molecule has 0 aromatic carbocycles. The van der Waals surface area contributed by atoms with Gasteiger partial charge in [-0.3, -0.25) is 9.59 Å². The molecule has 0 saturated carbocycles. The minimum absolute atomic E-state index is 0.121. The van der Waals surface area contributed by atoms with Crippen LogP contribution in [-0.4, -0.2) is 18.9 Å². The number of allylic oxidation sites excluding steroid dienone is 6. The lowest BCUT2D eigenvalue weighted by molar-refractivity contribution is -0.140. The third-order valence-electron chi connectivity index (χ3n) is 4.19. The van der Waals surface area contributed by atoms with Gasteiger partial charge in [-0.05, 0) is 57.1 Å². The van der Waals surface area contributed by atoms with E-state index < -0.39 is 0 Å². The van der Waals surface area contributed by atoms with E-state index >= 15 is 0 Å². The number of hydrogen-bond acceptors (Lipinski definition) is 3. The Balaban J connectivity index is 0. The first kappa shape index (κ1) is 27.6. The van der Waals surface area contributed by atoms with Gasteiger partial charge in [0.15, 0.2) is 5.78 Å². The molecule has 0 fully saturated rings. The first-order valence-corrected chi connectivity index (χ1v) is 10.6. The van der Waals surface area contributed by atoms with Crippen LogP contribution in [0.3, 0.4) is 0 Å². The van der Waals surface area contributed by atoms with Crippen molar-refractivity contribution in [1.82, 2.24) is 0 Å². The van der Waals surface area contributed by atoms with Gasteiger partial charge in [0.2, 0.25) is 0 Å². The molecule has 1 aliphatic carbocycles. The van der Waals surface area contributed by atoms with Gasteiger partial charge in [0, 0.05) is 6.42 Å². The van der Waals surface area contributed by atoms with Crippen molar-refractivity contribution in [3.05, 3.63) is 35.5 Å². The van der Waals surface area contributed by atoms with Crippen LogP contribution < -0.4 is 0 Å². The summed E-state index contributed by atoms with van der Waals surface area (Å²) in [4.78, 5) is 22.1. The monoisotopic (exact) mass is 378 g/mol. The van der Waals surface area contributed by atoms with Crippen molar-refractivity contribution in [2.75, 3.05) is 7.11 Å². The van der Waals surface area contributed by atoms with Crippen LogP contribution in [0.4, 0.5) is 0 Å². The minimum atomic E-state index is -0.121. The van der Waals surface area contributed by atoms with Crippen LogP contribution in [0.25, 0.3) is 0 Å². The van der Waals surface area contributed by atoms with Gasteiger partial charge >= 0.3 is 5.97 Å². The van der Waals surface area contributed by atoms with E-state index in [1.165, 1.54) is 39.2 Å². The summed E-state index contributed by atoms with van der Waals surface area (Å²) in [6.07, 6.45) is 19.0. The van der Waals surface area contributed by atoms with Crippen LogP contribution in [0.2, 0.25) is 0 Å². The van der Waals surface area contributed by atoms with Gasteiger partial charge in [0.05, 0.1) is 7.11 Å². The molecule has 0 unspecified atom stereocenters. The number of carbonyl (C=O) groups is 2. The smallest absolute Gasteiger partial charge is 0.305 e. The third kappa shape index (κ3) is 16.3. The molecule has 27 heavy (non-hydrogen) atoms. The molecule has 0 atom stereocenters. The van der Waals surface area contributed by atoms with Crippen LogP contribution in [0.5, 0.6) is 0 Å². The lowest BCUT2D eigenvalue weighted by Gasteiger charge is -1.98. The number of hydrogen-bond donors (Lipinski definition) is 0. The quantitative estimate of drug-likeness (QED) is 0.176. The molecule has 0 heterocycles. The van der Waals surface area contributed by atoms with E-state index in [0.29, 0.717) is 6.42 Å². The average Bonchev–Trinajstić information content (AvgIpc) is 3.02. The largest absolute Gasteiger partial charge is 0.469 e. The maximum absolute atomic E-state index is 11.5. The highest BCUT2D eigenvalue weighted by atomic mass is 16.5. The second-order valence-corrected chi connectivity index (χ2v) is 6.39. The van der Waals surface area contributed by atoms with Gasteiger partial charge in [-0.2, -0.15) is 0 Å². The van der Waals surface area contributed by atoms with E-state index in [4.69, 9.17) is 0 Å². The Labute approximate surface area is 168 Å². The van der Waals surface area contributed by atoms with Gasteiger partial charge in [-0.1, -0.05) is 70.8 Å². The number of unbranched alkanes of at least 4 members (excludes halogenated alkanes) is 6. The molecule has 0 amide bonds. The second kappa shape index (κ2) is 20.7. The Morgan fingerprint density at radius 3 is 2.30 bits per heavy atom. The molecule has 0 saturated heterocycles. The lowest BCUT2D eigenvalue weighted by Crippen LogP contribution is -1.98. The van der Waals surface area contributed by atoms with Crippen LogP contribution in [0, 0.1) is 0 Å². The van der Waals surface area contributed by atoms with Crippen molar-refractivity contribution in [2.24, 2.45) is 0 Å². The maximum atomic E-state index is 11.5. The number of carbonyl (C=O) groups excluding carboxylic acids is 2. The van der Waals surface area contributed by atoms with Gasteiger partial charge in [0.25, 0.3) is 0 Å². The number of esters is 1. The summed E-state index contributed by atoms with van der Waals surface area (Å²) in [6, 6.07) is 0. The summed E-state index contributed by atoms with van der Waals surface area (Å²) in [5.41, 5.74) is 1.94. The van der Waals surface area contributed by atoms with Gasteiger partial charge in [-0.15, -0.1) is 0 Å². The highest BCUT2D eigenvalue weighted by molar-refractivity contribution is 6.10. The molecule has 156 valence electrons. The van der Waals surface area contributed by atoms with Crippen molar-refractivity contribution in [2.45, 2.75) is 98.8 Å². The Hall–Kier alpha value is -1.64. The first-order chi connectivity index (χ1) is 13.1. The average molecular weight is 379 g/mol. The Morgan fingerprint density at radius 1 is 1.11 bits per heavy atom. The van der Waals surface area contributed by atoms with Crippen LogP contribution in [-0.2, 0) is 14.3 Å². The summed E-state index contributed by atoms with van der Waals surface area (Å²) >= 11 is 0. The van der Waals surface area contributed by atoms with Gasteiger partial charge in [-0.25, -0.2) is 0 Å². The van der Waals surface area contributed by atoms with Gasteiger partial charge in [0.1, 0.15) is 0 Å². The fourth-order valence-electron chi connectivity index (χ4n) is 2.53. The van der Waals surface area contributed by atoms with E-state index in [0.717, 1.165) is 36.8 Å². The van der Waals surface area contributed by atoms with Crippen molar-refractivity contribution in [3.8, 4) is 0 Å². The zero-order valence-electron chi connectivity index (χ0n) is 18.6. The zero-order valence-corrected chi connectivity index (χ0v) is 18.6. The SMILES string of the molecule is C/C=C\CCCC(=O)OC.CC.CCCCCCC/C=C1\CC=C(C)C1=O. The number of rotatable bonds is 10. The zero-order chi connectivity index (χ0) is 20.9. The van der Waals surface area contributed by atoms with Crippen LogP contribution in [0.15, 0.2) is 35.5 Å². The summed E-state index contributed by atoms with van der Waals surface area (Å²) in [6.45, 7) is 10.1. The highest BCUT2D eigenvalue weighted by Crippen LogP contribution is 2.20. The van der Waals surface area contributed by atoms with E-state index in [9.17, 15) is 9.59 Å². The number of ether oxygens (including phenoxy) is 1. The molecule has 0 radical (unpaired) electrons. The minimum Gasteiger partial charge on any atom is -0.469 e. The van der Waals surface area contributed by atoms with E-state index in [-0.39, 0.29) is 11.8 Å². The molecule has 0 N–H and O–H groups in total. The molecule has 0 aromatic rings. The number of ketones is 1. The van der Waals surface area contributed by atoms with Crippen molar-refractivity contribution >= 4 is 11.8 Å². The molecule has 3 heteroatoms. The fourth-order valence-corrected chi connectivity index (χ4v) is 2.53. The van der Waals surface area contributed by atoms with E-state index in [1.54, 1.807) is 0 Å². The topological polar surface area (TPSA) is 43.4 Å². The van der Waals surface area contributed by atoms with Crippen molar-refractivity contribution in [3.63, 3.8) is 0 Å². The number of methoxy groups -OCH3 is 1. The summed E-state index contributed by atoms with van der Waals surface area (Å²) in [7, 11) is 1.41. The number of Topliss-reactive ketones (excluding diaryl/α,β-unsaturated/α-hetero) is 1. The molecule has 1 rings (SSSR count). The lowest BCUT2D eigenvalue weighted by atomic mass is 10.1. The van der Waals surface area contributed by atoms with Crippen molar-refractivity contribution in [1.29, 1.82) is 0 Å². The van der Waals surface area contributed by atoms with Crippen molar-refractivity contribution < 1.29 is 14.3 Å². The standard InChI is InChI=1S/C14H22O.C8H14O2.C2H6/c1-3-4-5-6-7-8-9-13-11-10-12(2)14(13)15;1-3-4-5-6-7-8(9)10-2;1-2/h9-10H,3-8,11H2,1-2H3;3-4H,5-7H2,1-2H3;1-2H3/b13-9+;4-3-;. The molecular formula is C24H42O3. The predicted octanol–water partition coefficient (Wildman–Crippen LogP) is 7.12. The fraction of sp³-hybridized carbons (Fsp3) is 0.667. The molecule has 0 aliphatic heterocycles. The molecule has 0 aromatic heterocycles. The molecular weight excluding hydrogens is 336 g/mol.